The van der Waals surface area contributed by atoms with Gasteiger partial charge in [0.05, 0.1) is 39.1 Å². The van der Waals surface area contributed by atoms with Crippen LogP contribution < -0.4 is 25.0 Å². The van der Waals surface area contributed by atoms with Crippen LogP contribution >= 0.6 is 11.6 Å². The van der Waals surface area contributed by atoms with E-state index in [2.05, 4.69) is 15.8 Å². The first-order valence-corrected chi connectivity index (χ1v) is 8.06. The number of rotatable bonds is 8. The summed E-state index contributed by atoms with van der Waals surface area (Å²) in [6.07, 6.45) is 1.47. The Morgan fingerprint density at radius 3 is 2.46 bits per heavy atom. The summed E-state index contributed by atoms with van der Waals surface area (Å²) in [6, 6.07) is 10.6. The molecule has 2 aromatic carbocycles. The van der Waals surface area contributed by atoms with Gasteiger partial charge in [0.1, 0.15) is 5.75 Å². The van der Waals surface area contributed by atoms with E-state index >= 15 is 0 Å². The second kappa shape index (κ2) is 9.53. The van der Waals surface area contributed by atoms with Gasteiger partial charge >= 0.3 is 0 Å². The molecule has 0 fully saturated rings. The average Bonchev–Trinajstić information content (AvgIpc) is 2.66. The van der Waals surface area contributed by atoms with Crippen molar-refractivity contribution >= 4 is 29.4 Å². The van der Waals surface area contributed by atoms with Crippen LogP contribution in [0.25, 0.3) is 0 Å². The fourth-order valence-electron chi connectivity index (χ4n) is 2.12. The van der Waals surface area contributed by atoms with Crippen LogP contribution in [0.3, 0.4) is 0 Å². The first-order valence-electron chi connectivity index (χ1n) is 7.68. The van der Waals surface area contributed by atoms with Crippen LogP contribution in [0.15, 0.2) is 41.5 Å². The van der Waals surface area contributed by atoms with Crippen molar-refractivity contribution in [2.24, 2.45) is 5.10 Å². The first-order chi connectivity index (χ1) is 12.6. The van der Waals surface area contributed by atoms with E-state index in [1.807, 2.05) is 12.1 Å². The molecule has 0 aromatic heterocycles. The molecular weight excluding hydrogens is 358 g/mol. The molecule has 0 atom stereocenters. The van der Waals surface area contributed by atoms with E-state index in [-0.39, 0.29) is 12.5 Å². The SMILES string of the molecule is COc1ccc(NCC(=O)N/N=C\c2cc(Cl)c(OC)c(OC)c2)cc1. The number of halogens is 1. The number of methoxy groups -OCH3 is 3. The zero-order chi connectivity index (χ0) is 18.9. The van der Waals surface area contributed by atoms with Crippen LogP contribution in [0.2, 0.25) is 5.02 Å². The highest BCUT2D eigenvalue weighted by Crippen LogP contribution is 2.35. The van der Waals surface area contributed by atoms with E-state index in [9.17, 15) is 4.79 Å². The zero-order valence-electron chi connectivity index (χ0n) is 14.7. The zero-order valence-corrected chi connectivity index (χ0v) is 15.5. The number of amides is 1. The fraction of sp³-hybridized carbons (Fsp3) is 0.222. The Labute approximate surface area is 156 Å². The second-order valence-corrected chi connectivity index (χ2v) is 5.52. The number of nitrogens with one attached hydrogen (secondary N) is 2. The van der Waals surface area contributed by atoms with Crippen LogP contribution in [0.4, 0.5) is 5.69 Å². The van der Waals surface area contributed by atoms with Gasteiger partial charge in [-0.3, -0.25) is 4.79 Å². The lowest BCUT2D eigenvalue weighted by atomic mass is 10.2. The Morgan fingerprint density at radius 2 is 1.85 bits per heavy atom. The number of carbonyl (C=O) groups excluding carboxylic acids is 1. The molecule has 2 N–H and O–H groups in total. The summed E-state index contributed by atoms with van der Waals surface area (Å²) < 4.78 is 15.5. The summed E-state index contributed by atoms with van der Waals surface area (Å²) in [7, 11) is 4.62. The van der Waals surface area contributed by atoms with Gasteiger partial charge in [0.15, 0.2) is 11.5 Å². The molecule has 8 heteroatoms. The number of carbonyl (C=O) groups is 1. The maximum atomic E-state index is 11.8. The Balaban J connectivity index is 1.89. The summed E-state index contributed by atoms with van der Waals surface area (Å²) in [5, 5.41) is 7.29. The van der Waals surface area contributed by atoms with E-state index in [0.717, 1.165) is 11.4 Å². The number of benzene rings is 2. The van der Waals surface area contributed by atoms with Crippen LogP contribution in [-0.2, 0) is 4.79 Å². The number of hydrazone groups is 1. The summed E-state index contributed by atoms with van der Waals surface area (Å²) in [5.41, 5.74) is 3.90. The van der Waals surface area contributed by atoms with Gasteiger partial charge < -0.3 is 19.5 Å². The quantitative estimate of drug-likeness (QED) is 0.546. The second-order valence-electron chi connectivity index (χ2n) is 5.11. The largest absolute Gasteiger partial charge is 0.497 e. The third kappa shape index (κ3) is 5.29. The topological polar surface area (TPSA) is 81.2 Å². The van der Waals surface area contributed by atoms with Crippen LogP contribution in [0.5, 0.6) is 17.2 Å². The number of nitrogens with zero attached hydrogens (tertiary/aromatic N) is 1. The van der Waals surface area contributed by atoms with Crippen molar-refractivity contribution < 1.29 is 19.0 Å². The molecule has 0 bridgehead atoms. The van der Waals surface area contributed by atoms with Crippen molar-refractivity contribution in [1.29, 1.82) is 0 Å². The Kier molecular flexibility index (Phi) is 7.11. The Hall–Kier alpha value is -2.93. The number of anilines is 1. The maximum Gasteiger partial charge on any atom is 0.259 e. The van der Waals surface area contributed by atoms with E-state index in [1.54, 1.807) is 31.4 Å². The van der Waals surface area contributed by atoms with Gasteiger partial charge in [0.2, 0.25) is 0 Å². The highest BCUT2D eigenvalue weighted by atomic mass is 35.5. The smallest absolute Gasteiger partial charge is 0.259 e. The van der Waals surface area contributed by atoms with E-state index in [1.165, 1.54) is 20.4 Å². The molecule has 7 nitrogen and oxygen atoms in total. The van der Waals surface area contributed by atoms with Crippen molar-refractivity contribution in [3.05, 3.63) is 47.0 Å². The lowest BCUT2D eigenvalue weighted by molar-refractivity contribution is -0.119. The predicted octanol–water partition coefficient (Wildman–Crippen LogP) is 2.93. The van der Waals surface area contributed by atoms with Crippen molar-refractivity contribution in [1.82, 2.24) is 5.43 Å². The van der Waals surface area contributed by atoms with Gasteiger partial charge in [-0.25, -0.2) is 5.43 Å². The molecule has 0 aliphatic rings. The summed E-state index contributed by atoms with van der Waals surface area (Å²) >= 11 is 6.12. The van der Waals surface area contributed by atoms with Gasteiger partial charge in [0, 0.05) is 5.69 Å². The molecule has 1 amide bonds. The van der Waals surface area contributed by atoms with Crippen molar-refractivity contribution in [2.75, 3.05) is 33.2 Å². The van der Waals surface area contributed by atoms with Crippen LogP contribution in [0.1, 0.15) is 5.56 Å². The standard InChI is InChI=1S/C18H20ClN3O4/c1-24-14-6-4-13(5-7-14)20-11-17(23)22-21-10-12-8-15(19)18(26-3)16(9-12)25-2/h4-10,20H,11H2,1-3H3,(H,22,23)/b21-10-. The molecule has 0 saturated heterocycles. The number of hydrogen-bond acceptors (Lipinski definition) is 6. The Bertz CT molecular complexity index is 779. The van der Waals surface area contributed by atoms with Crippen LogP contribution in [0, 0.1) is 0 Å². The maximum absolute atomic E-state index is 11.8. The number of hydrogen-bond donors (Lipinski definition) is 2. The minimum Gasteiger partial charge on any atom is -0.497 e. The molecule has 2 aromatic rings. The molecule has 0 spiro atoms. The minimum absolute atomic E-state index is 0.0797. The minimum atomic E-state index is -0.288. The molecule has 0 heterocycles. The van der Waals surface area contributed by atoms with Gasteiger partial charge in [-0.05, 0) is 42.0 Å². The molecule has 138 valence electrons. The average molecular weight is 378 g/mol. The van der Waals surface area contributed by atoms with Crippen molar-refractivity contribution in [3.63, 3.8) is 0 Å². The normalized spacial score (nSPS) is 10.5. The van der Waals surface area contributed by atoms with Gasteiger partial charge in [0.25, 0.3) is 5.91 Å². The summed E-state index contributed by atoms with van der Waals surface area (Å²) in [4.78, 5) is 11.8. The molecule has 2 rings (SSSR count). The van der Waals surface area contributed by atoms with Crippen LogP contribution in [-0.4, -0.2) is 40.0 Å². The summed E-state index contributed by atoms with van der Waals surface area (Å²) in [5.74, 6) is 1.38. The van der Waals surface area contributed by atoms with E-state index < -0.39 is 0 Å². The van der Waals surface area contributed by atoms with E-state index in [0.29, 0.717) is 22.1 Å². The third-order valence-corrected chi connectivity index (χ3v) is 3.68. The van der Waals surface area contributed by atoms with Crippen molar-refractivity contribution in [3.8, 4) is 17.2 Å². The molecule has 0 aliphatic heterocycles. The molecule has 0 aliphatic carbocycles. The Morgan fingerprint density at radius 1 is 1.12 bits per heavy atom. The monoisotopic (exact) mass is 377 g/mol. The molecule has 0 unspecified atom stereocenters. The highest BCUT2D eigenvalue weighted by Gasteiger charge is 2.10. The molecule has 26 heavy (non-hydrogen) atoms. The predicted molar refractivity (Wildman–Crippen MR) is 102 cm³/mol. The highest BCUT2D eigenvalue weighted by molar-refractivity contribution is 6.32. The number of ether oxygens (including phenoxy) is 3. The molecule has 0 saturated carbocycles. The molecule has 0 radical (unpaired) electrons. The van der Waals surface area contributed by atoms with Gasteiger partial charge in [-0.1, -0.05) is 11.6 Å². The van der Waals surface area contributed by atoms with E-state index in [4.69, 9.17) is 25.8 Å². The summed E-state index contributed by atoms with van der Waals surface area (Å²) in [6.45, 7) is 0.0797. The van der Waals surface area contributed by atoms with Gasteiger partial charge in [-0.15, -0.1) is 0 Å². The first kappa shape index (κ1) is 19.4. The fourth-order valence-corrected chi connectivity index (χ4v) is 2.42. The van der Waals surface area contributed by atoms with Crippen molar-refractivity contribution in [2.45, 2.75) is 0 Å². The lowest BCUT2D eigenvalue weighted by Gasteiger charge is -2.10. The molecular formula is C18H20ClN3O4. The van der Waals surface area contributed by atoms with Gasteiger partial charge in [-0.2, -0.15) is 5.10 Å². The lowest BCUT2D eigenvalue weighted by Crippen LogP contribution is -2.25. The third-order valence-electron chi connectivity index (χ3n) is 3.40.